The number of likely N-dealkylation sites (N-methyl/N-ethyl adjacent to an activating group) is 1. The Labute approximate surface area is 112 Å². The number of fused-ring (bicyclic) bond motifs is 1. The fourth-order valence-corrected chi connectivity index (χ4v) is 2.31. The predicted octanol–water partition coefficient (Wildman–Crippen LogP) is -0.0602. The number of carbonyl (C=O) groups is 1. The predicted molar refractivity (Wildman–Crippen MR) is 72.1 cm³/mol. The number of amides is 1. The lowest BCUT2D eigenvalue weighted by Crippen LogP contribution is -2.40. The SMILES string of the molecule is CN(C)C(c1ccc2c(c1)NC(=O)CO2)C(N)CO. The van der Waals surface area contributed by atoms with Crippen LogP contribution in [-0.4, -0.2) is 49.3 Å². The Morgan fingerprint density at radius 2 is 2.26 bits per heavy atom. The van der Waals surface area contributed by atoms with Gasteiger partial charge in [0.25, 0.3) is 5.91 Å². The van der Waals surface area contributed by atoms with E-state index < -0.39 is 6.04 Å². The van der Waals surface area contributed by atoms with Crippen LogP contribution < -0.4 is 15.8 Å². The standard InChI is InChI=1S/C13H19N3O3/c1-16(2)13(9(14)6-17)8-3-4-11-10(5-8)15-12(18)7-19-11/h3-5,9,13,17H,6-7,14H2,1-2H3,(H,15,18). The summed E-state index contributed by atoms with van der Waals surface area (Å²) in [6.45, 7) is -0.0671. The number of aliphatic hydroxyl groups is 1. The summed E-state index contributed by atoms with van der Waals surface area (Å²) in [5.74, 6) is 0.482. The molecule has 2 rings (SSSR count). The molecule has 6 nitrogen and oxygen atoms in total. The van der Waals surface area contributed by atoms with Gasteiger partial charge in [-0.15, -0.1) is 0 Å². The van der Waals surface area contributed by atoms with Crippen LogP contribution in [0, 0.1) is 0 Å². The van der Waals surface area contributed by atoms with E-state index in [-0.39, 0.29) is 25.2 Å². The maximum atomic E-state index is 11.3. The van der Waals surface area contributed by atoms with E-state index in [2.05, 4.69) is 5.32 Å². The van der Waals surface area contributed by atoms with Crippen molar-refractivity contribution in [2.24, 2.45) is 5.73 Å². The highest BCUT2D eigenvalue weighted by Crippen LogP contribution is 2.32. The zero-order valence-corrected chi connectivity index (χ0v) is 11.1. The maximum absolute atomic E-state index is 11.3. The first-order chi connectivity index (χ1) is 9.02. The first kappa shape index (κ1) is 13.8. The summed E-state index contributed by atoms with van der Waals surface area (Å²) >= 11 is 0. The Kier molecular flexibility index (Phi) is 4.04. The molecule has 0 saturated carbocycles. The van der Waals surface area contributed by atoms with Crippen molar-refractivity contribution in [3.05, 3.63) is 23.8 Å². The molecule has 0 aromatic heterocycles. The van der Waals surface area contributed by atoms with Crippen LogP contribution in [0.2, 0.25) is 0 Å². The second-order valence-corrected chi connectivity index (χ2v) is 4.85. The summed E-state index contributed by atoms with van der Waals surface area (Å²) in [7, 11) is 3.80. The van der Waals surface area contributed by atoms with Crippen LogP contribution in [0.1, 0.15) is 11.6 Å². The number of benzene rings is 1. The van der Waals surface area contributed by atoms with E-state index in [1.165, 1.54) is 0 Å². The molecule has 2 unspecified atom stereocenters. The largest absolute Gasteiger partial charge is 0.482 e. The molecule has 0 aliphatic carbocycles. The zero-order valence-electron chi connectivity index (χ0n) is 11.1. The molecule has 1 aliphatic rings. The number of rotatable bonds is 4. The van der Waals surface area contributed by atoms with E-state index in [0.29, 0.717) is 11.4 Å². The molecule has 1 aromatic rings. The number of nitrogens with two attached hydrogens (primary N) is 1. The summed E-state index contributed by atoms with van der Waals surface area (Å²) < 4.78 is 5.31. The van der Waals surface area contributed by atoms with Gasteiger partial charge in [0, 0.05) is 6.04 Å². The summed E-state index contributed by atoms with van der Waals surface area (Å²) in [4.78, 5) is 13.3. The first-order valence-electron chi connectivity index (χ1n) is 6.12. The van der Waals surface area contributed by atoms with Crippen LogP contribution in [0.25, 0.3) is 0 Å². The third-order valence-corrected chi connectivity index (χ3v) is 3.15. The highest BCUT2D eigenvalue weighted by atomic mass is 16.5. The normalized spacial score (nSPS) is 17.4. The number of nitrogens with zero attached hydrogens (tertiary/aromatic N) is 1. The van der Waals surface area contributed by atoms with Crippen LogP contribution >= 0.6 is 0 Å². The number of carbonyl (C=O) groups excluding carboxylic acids is 1. The van der Waals surface area contributed by atoms with Gasteiger partial charge in [0.05, 0.1) is 18.3 Å². The van der Waals surface area contributed by atoms with E-state index in [1.54, 1.807) is 0 Å². The van der Waals surface area contributed by atoms with Crippen LogP contribution in [0.5, 0.6) is 5.75 Å². The lowest BCUT2D eigenvalue weighted by Gasteiger charge is -2.30. The smallest absolute Gasteiger partial charge is 0.262 e. The number of nitrogens with one attached hydrogen (secondary N) is 1. The molecule has 6 heteroatoms. The molecular formula is C13H19N3O3. The van der Waals surface area contributed by atoms with E-state index in [1.807, 2.05) is 37.2 Å². The molecule has 1 aliphatic heterocycles. The summed E-state index contributed by atoms with van der Waals surface area (Å²) in [6, 6.07) is 5.02. The van der Waals surface area contributed by atoms with Crippen molar-refractivity contribution in [2.45, 2.75) is 12.1 Å². The van der Waals surface area contributed by atoms with Crippen molar-refractivity contribution in [3.8, 4) is 5.75 Å². The Morgan fingerprint density at radius 3 is 2.89 bits per heavy atom. The number of anilines is 1. The fourth-order valence-electron chi connectivity index (χ4n) is 2.31. The highest BCUT2D eigenvalue weighted by molar-refractivity contribution is 5.95. The average Bonchev–Trinajstić information content (AvgIpc) is 2.37. The minimum Gasteiger partial charge on any atom is -0.482 e. The lowest BCUT2D eigenvalue weighted by atomic mass is 9.98. The van der Waals surface area contributed by atoms with Crippen LogP contribution in [0.15, 0.2) is 18.2 Å². The summed E-state index contributed by atoms with van der Waals surface area (Å²) in [5.41, 5.74) is 7.51. The summed E-state index contributed by atoms with van der Waals surface area (Å²) in [6.07, 6.45) is 0. The van der Waals surface area contributed by atoms with Crippen molar-refractivity contribution < 1.29 is 14.6 Å². The van der Waals surface area contributed by atoms with E-state index >= 15 is 0 Å². The average molecular weight is 265 g/mol. The van der Waals surface area contributed by atoms with E-state index in [9.17, 15) is 9.90 Å². The van der Waals surface area contributed by atoms with Gasteiger partial charge >= 0.3 is 0 Å². The van der Waals surface area contributed by atoms with Crippen molar-refractivity contribution >= 4 is 11.6 Å². The minimum absolute atomic E-state index is 0.0413. The van der Waals surface area contributed by atoms with E-state index in [4.69, 9.17) is 10.5 Å². The third kappa shape index (κ3) is 2.86. The quantitative estimate of drug-likeness (QED) is 0.710. The Hall–Kier alpha value is -1.63. The molecule has 2 atom stereocenters. The first-order valence-corrected chi connectivity index (χ1v) is 6.12. The monoisotopic (exact) mass is 265 g/mol. The van der Waals surface area contributed by atoms with Crippen molar-refractivity contribution in [3.63, 3.8) is 0 Å². The van der Waals surface area contributed by atoms with Crippen molar-refractivity contribution in [2.75, 3.05) is 32.6 Å². The molecule has 1 amide bonds. The molecule has 4 N–H and O–H groups in total. The highest BCUT2D eigenvalue weighted by Gasteiger charge is 2.24. The van der Waals surface area contributed by atoms with Gasteiger partial charge < -0.3 is 25.8 Å². The topological polar surface area (TPSA) is 87.8 Å². The number of hydrogen-bond donors (Lipinski definition) is 3. The Bertz CT molecular complexity index is 476. The van der Waals surface area contributed by atoms with Crippen LogP contribution in [-0.2, 0) is 4.79 Å². The van der Waals surface area contributed by atoms with E-state index in [0.717, 1.165) is 5.56 Å². The van der Waals surface area contributed by atoms with Gasteiger partial charge in [-0.3, -0.25) is 4.79 Å². The molecule has 0 fully saturated rings. The minimum atomic E-state index is -0.395. The maximum Gasteiger partial charge on any atom is 0.262 e. The number of ether oxygens (including phenoxy) is 1. The molecule has 0 bridgehead atoms. The molecule has 0 saturated heterocycles. The molecule has 0 radical (unpaired) electrons. The molecule has 1 aromatic carbocycles. The Morgan fingerprint density at radius 1 is 1.53 bits per heavy atom. The van der Waals surface area contributed by atoms with Gasteiger partial charge in [0.2, 0.25) is 0 Å². The summed E-state index contributed by atoms with van der Waals surface area (Å²) in [5, 5.41) is 12.0. The van der Waals surface area contributed by atoms with Crippen LogP contribution in [0.3, 0.4) is 0 Å². The molecule has 0 spiro atoms. The lowest BCUT2D eigenvalue weighted by molar-refractivity contribution is -0.118. The van der Waals surface area contributed by atoms with Gasteiger partial charge in [-0.1, -0.05) is 6.07 Å². The number of aliphatic hydroxyl groups excluding tert-OH is 1. The zero-order chi connectivity index (χ0) is 14.0. The van der Waals surface area contributed by atoms with Crippen molar-refractivity contribution in [1.29, 1.82) is 0 Å². The molecule has 1 heterocycles. The molecule has 19 heavy (non-hydrogen) atoms. The van der Waals surface area contributed by atoms with Gasteiger partial charge in [0.15, 0.2) is 6.61 Å². The van der Waals surface area contributed by atoms with Gasteiger partial charge in [0.1, 0.15) is 5.75 Å². The molecular weight excluding hydrogens is 246 g/mol. The number of hydrogen-bond acceptors (Lipinski definition) is 5. The molecule has 104 valence electrons. The van der Waals surface area contributed by atoms with Crippen LogP contribution in [0.4, 0.5) is 5.69 Å². The second-order valence-electron chi connectivity index (χ2n) is 4.85. The van der Waals surface area contributed by atoms with Gasteiger partial charge in [-0.25, -0.2) is 0 Å². The fraction of sp³-hybridized carbons (Fsp3) is 0.462. The second kappa shape index (κ2) is 5.56. The van der Waals surface area contributed by atoms with Crippen molar-refractivity contribution in [1.82, 2.24) is 4.90 Å². The third-order valence-electron chi connectivity index (χ3n) is 3.15. The van der Waals surface area contributed by atoms with Gasteiger partial charge in [-0.05, 0) is 31.8 Å². The van der Waals surface area contributed by atoms with Gasteiger partial charge in [-0.2, -0.15) is 0 Å². The Balaban J connectivity index is 2.34.